The van der Waals surface area contributed by atoms with Crippen LogP contribution in [0.2, 0.25) is 0 Å². The zero-order valence-electron chi connectivity index (χ0n) is 9.66. The van der Waals surface area contributed by atoms with Crippen LogP contribution in [0.25, 0.3) is 6.08 Å². The van der Waals surface area contributed by atoms with Gasteiger partial charge < -0.3 is 0 Å². The van der Waals surface area contributed by atoms with Gasteiger partial charge >= 0.3 is 0 Å². The van der Waals surface area contributed by atoms with Gasteiger partial charge in [-0.2, -0.15) is 0 Å². The first-order valence-electron chi connectivity index (χ1n) is 6.15. The van der Waals surface area contributed by atoms with E-state index in [1.54, 1.807) is 0 Å². The summed E-state index contributed by atoms with van der Waals surface area (Å²) in [5.41, 5.74) is 1.19. The fourth-order valence-corrected chi connectivity index (χ4v) is 4.47. The molecule has 0 N–H and O–H groups in total. The standard InChI is InChI=1S/C15H16OS/c16-17-14-9-7-13(8-10-14)15(17)11-6-12-4-2-1-3-5-12/h1-7,9,11,13-15H,8,10H2/b11-6+/t13-,14+,15-,17?/m1/s1. The maximum Gasteiger partial charge on any atom is 0.0599 e. The number of fused-ring (bicyclic) bond motifs is 2. The van der Waals surface area contributed by atoms with Crippen LogP contribution in [-0.4, -0.2) is 14.7 Å². The van der Waals surface area contributed by atoms with Crippen LogP contribution in [0, 0.1) is 5.92 Å². The maximum atomic E-state index is 12.2. The van der Waals surface area contributed by atoms with E-state index in [2.05, 4.69) is 36.4 Å². The van der Waals surface area contributed by atoms with Gasteiger partial charge in [-0.15, -0.1) is 0 Å². The average molecular weight is 244 g/mol. The van der Waals surface area contributed by atoms with Gasteiger partial charge in [0.2, 0.25) is 0 Å². The normalized spacial score (nSPS) is 35.5. The lowest BCUT2D eigenvalue weighted by Crippen LogP contribution is -2.38. The van der Waals surface area contributed by atoms with Crippen molar-refractivity contribution in [3.63, 3.8) is 0 Å². The molecule has 2 bridgehead atoms. The van der Waals surface area contributed by atoms with Crippen LogP contribution in [0.5, 0.6) is 0 Å². The fourth-order valence-electron chi connectivity index (χ4n) is 2.65. The molecule has 1 aliphatic carbocycles. The third-order valence-corrected chi connectivity index (χ3v) is 5.66. The van der Waals surface area contributed by atoms with Crippen molar-refractivity contribution in [2.75, 3.05) is 0 Å². The zero-order valence-corrected chi connectivity index (χ0v) is 10.5. The van der Waals surface area contributed by atoms with Crippen LogP contribution in [0.4, 0.5) is 0 Å². The molecular weight excluding hydrogens is 228 g/mol. The highest BCUT2D eigenvalue weighted by Gasteiger charge is 2.36. The molecule has 0 radical (unpaired) electrons. The minimum atomic E-state index is -0.713. The van der Waals surface area contributed by atoms with Gasteiger partial charge in [-0.25, -0.2) is 0 Å². The largest absolute Gasteiger partial charge is 0.258 e. The van der Waals surface area contributed by atoms with E-state index in [1.807, 2.05) is 18.2 Å². The molecule has 0 spiro atoms. The Morgan fingerprint density at radius 3 is 2.59 bits per heavy atom. The van der Waals surface area contributed by atoms with Gasteiger partial charge in [-0.1, -0.05) is 54.6 Å². The Morgan fingerprint density at radius 2 is 1.94 bits per heavy atom. The summed E-state index contributed by atoms with van der Waals surface area (Å²) in [5, 5.41) is 0.518. The minimum absolute atomic E-state index is 0.221. The van der Waals surface area contributed by atoms with Gasteiger partial charge in [0.15, 0.2) is 0 Å². The second-order valence-electron chi connectivity index (χ2n) is 4.73. The maximum absolute atomic E-state index is 12.2. The van der Waals surface area contributed by atoms with Crippen molar-refractivity contribution in [1.82, 2.24) is 0 Å². The topological polar surface area (TPSA) is 17.1 Å². The lowest BCUT2D eigenvalue weighted by Gasteiger charge is -2.35. The van der Waals surface area contributed by atoms with Crippen molar-refractivity contribution >= 4 is 16.9 Å². The third kappa shape index (κ3) is 2.14. The first-order valence-corrected chi connectivity index (χ1v) is 7.43. The summed E-state index contributed by atoms with van der Waals surface area (Å²) in [5.74, 6) is 0.487. The van der Waals surface area contributed by atoms with Gasteiger partial charge in [-0.3, -0.25) is 4.21 Å². The Hall–Kier alpha value is -1.15. The van der Waals surface area contributed by atoms with Gasteiger partial charge in [-0.05, 0) is 24.3 Å². The Morgan fingerprint density at radius 1 is 1.12 bits per heavy atom. The number of hydrogen-bond acceptors (Lipinski definition) is 1. The Labute approximate surface area is 105 Å². The molecule has 17 heavy (non-hydrogen) atoms. The number of rotatable bonds is 2. The van der Waals surface area contributed by atoms with E-state index in [0.29, 0.717) is 11.2 Å². The minimum Gasteiger partial charge on any atom is -0.258 e. The van der Waals surface area contributed by atoms with E-state index in [1.165, 1.54) is 12.0 Å². The van der Waals surface area contributed by atoms with E-state index in [9.17, 15) is 4.21 Å². The van der Waals surface area contributed by atoms with Crippen molar-refractivity contribution in [1.29, 1.82) is 0 Å². The molecule has 2 heterocycles. The van der Waals surface area contributed by atoms with E-state index >= 15 is 0 Å². The van der Waals surface area contributed by atoms with Crippen LogP contribution in [0.3, 0.4) is 0 Å². The molecule has 4 rings (SSSR count). The van der Waals surface area contributed by atoms with Gasteiger partial charge in [0.1, 0.15) is 0 Å². The second kappa shape index (κ2) is 4.61. The molecule has 1 aromatic carbocycles. The number of allylic oxidation sites excluding steroid dienone is 1. The van der Waals surface area contributed by atoms with Crippen LogP contribution in [0.1, 0.15) is 18.4 Å². The SMILES string of the molecule is O=S1[C@H](/C=C/c2ccccc2)[C@@H]2C=C[C@H]1CC2. The summed E-state index contributed by atoms with van der Waals surface area (Å²) in [4.78, 5) is 0. The van der Waals surface area contributed by atoms with Crippen LogP contribution < -0.4 is 0 Å². The van der Waals surface area contributed by atoms with Gasteiger partial charge in [0, 0.05) is 10.8 Å². The molecule has 0 aromatic heterocycles. The Bertz CT molecular complexity index is 475. The summed E-state index contributed by atoms with van der Waals surface area (Å²) < 4.78 is 12.2. The highest BCUT2D eigenvalue weighted by molar-refractivity contribution is 7.86. The summed E-state index contributed by atoms with van der Waals surface area (Å²) >= 11 is 0. The predicted octanol–water partition coefficient (Wildman–Crippen LogP) is 3.17. The molecular formula is C15H16OS. The van der Waals surface area contributed by atoms with Gasteiger partial charge in [0.25, 0.3) is 0 Å². The lowest BCUT2D eigenvalue weighted by atomic mass is 9.91. The van der Waals surface area contributed by atoms with E-state index in [0.717, 1.165) is 6.42 Å². The number of hydrogen-bond donors (Lipinski definition) is 0. The first kappa shape index (κ1) is 11.0. The molecule has 2 aliphatic heterocycles. The Kier molecular flexibility index (Phi) is 2.98. The molecule has 1 unspecified atom stereocenters. The van der Waals surface area contributed by atoms with Gasteiger partial charge in [0.05, 0.1) is 10.5 Å². The molecule has 88 valence electrons. The first-order chi connectivity index (χ1) is 8.34. The van der Waals surface area contributed by atoms with Crippen molar-refractivity contribution < 1.29 is 4.21 Å². The third-order valence-electron chi connectivity index (χ3n) is 3.62. The van der Waals surface area contributed by atoms with Crippen molar-refractivity contribution in [3.05, 3.63) is 54.1 Å². The molecule has 2 heteroatoms. The quantitative estimate of drug-likeness (QED) is 0.730. The molecule has 0 amide bonds. The van der Waals surface area contributed by atoms with Crippen LogP contribution in [-0.2, 0) is 10.8 Å². The van der Waals surface area contributed by atoms with Crippen molar-refractivity contribution in [2.24, 2.45) is 5.92 Å². The van der Waals surface area contributed by atoms with Crippen molar-refractivity contribution in [3.8, 4) is 0 Å². The molecule has 1 aromatic rings. The van der Waals surface area contributed by atoms with E-state index in [-0.39, 0.29) is 5.25 Å². The average Bonchev–Trinajstić information content (AvgIpc) is 2.40. The lowest BCUT2D eigenvalue weighted by molar-refractivity contribution is 0.512. The molecule has 3 aliphatic rings. The van der Waals surface area contributed by atoms with Crippen LogP contribution >= 0.6 is 0 Å². The summed E-state index contributed by atoms with van der Waals surface area (Å²) in [6.45, 7) is 0. The summed E-state index contributed by atoms with van der Waals surface area (Å²) in [6, 6.07) is 10.2. The highest BCUT2D eigenvalue weighted by atomic mass is 32.2. The summed E-state index contributed by atoms with van der Waals surface area (Å²) in [7, 11) is -0.713. The van der Waals surface area contributed by atoms with Crippen LogP contribution in [0.15, 0.2) is 48.6 Å². The van der Waals surface area contributed by atoms with E-state index in [4.69, 9.17) is 0 Å². The molecule has 1 saturated heterocycles. The van der Waals surface area contributed by atoms with Crippen molar-refractivity contribution in [2.45, 2.75) is 23.3 Å². The highest BCUT2D eigenvalue weighted by Crippen LogP contribution is 2.35. The van der Waals surface area contributed by atoms with E-state index < -0.39 is 10.8 Å². The molecule has 4 atom stereocenters. The monoisotopic (exact) mass is 244 g/mol. The Balaban J connectivity index is 1.80. The predicted molar refractivity (Wildman–Crippen MR) is 73.1 cm³/mol. The number of benzene rings is 1. The molecule has 1 fully saturated rings. The smallest absolute Gasteiger partial charge is 0.0599 e. The molecule has 0 saturated carbocycles. The fraction of sp³-hybridized carbons (Fsp3) is 0.333. The second-order valence-corrected chi connectivity index (χ2v) is 6.53. The zero-order chi connectivity index (χ0) is 11.7. The molecule has 1 nitrogen and oxygen atoms in total. The summed E-state index contributed by atoms with van der Waals surface area (Å²) in [6.07, 6.45) is 11.0.